The van der Waals surface area contributed by atoms with Gasteiger partial charge in [0.2, 0.25) is 0 Å². The molecule has 18 heavy (non-hydrogen) atoms. The van der Waals surface area contributed by atoms with Crippen LogP contribution in [0.5, 0.6) is 0 Å². The summed E-state index contributed by atoms with van der Waals surface area (Å²) in [7, 11) is 0. The van der Waals surface area contributed by atoms with Crippen LogP contribution in [-0.2, 0) is 0 Å². The fourth-order valence-corrected chi connectivity index (χ4v) is 5.74. The standard InChI is InChI=1S/C16H25NS/c1-10-5-6-11-13(10)14-12(15(14,2)3)7-8-16(11,4)17-9-18/h10-14H,5-8H2,1-4H3/t10-,11-,12-,13-,14-,16?/m1/s1. The van der Waals surface area contributed by atoms with Crippen molar-refractivity contribution >= 4 is 17.4 Å². The van der Waals surface area contributed by atoms with E-state index in [9.17, 15) is 0 Å². The lowest BCUT2D eigenvalue weighted by Gasteiger charge is -2.35. The van der Waals surface area contributed by atoms with Crippen molar-refractivity contribution in [3.63, 3.8) is 0 Å². The minimum absolute atomic E-state index is 0.0840. The van der Waals surface area contributed by atoms with Crippen LogP contribution in [0.3, 0.4) is 0 Å². The fraction of sp³-hybridized carbons (Fsp3) is 0.938. The summed E-state index contributed by atoms with van der Waals surface area (Å²) < 4.78 is 0. The van der Waals surface area contributed by atoms with Crippen LogP contribution in [-0.4, -0.2) is 10.7 Å². The molecule has 0 bridgehead atoms. The van der Waals surface area contributed by atoms with Crippen LogP contribution in [0.15, 0.2) is 4.99 Å². The van der Waals surface area contributed by atoms with E-state index in [-0.39, 0.29) is 5.54 Å². The number of fused-ring (bicyclic) bond motifs is 3. The molecule has 0 spiro atoms. The van der Waals surface area contributed by atoms with E-state index in [1.54, 1.807) is 0 Å². The van der Waals surface area contributed by atoms with E-state index in [4.69, 9.17) is 12.2 Å². The van der Waals surface area contributed by atoms with Gasteiger partial charge in [-0.2, -0.15) is 0 Å². The first-order chi connectivity index (χ1) is 8.42. The Labute approximate surface area is 116 Å². The molecule has 3 saturated carbocycles. The third-order valence-corrected chi connectivity index (χ3v) is 6.76. The highest BCUT2D eigenvalue weighted by Gasteiger charge is 2.66. The van der Waals surface area contributed by atoms with Crippen LogP contribution in [0, 0.1) is 35.0 Å². The first-order valence-electron chi connectivity index (χ1n) is 7.51. The zero-order chi connectivity index (χ0) is 13.1. The van der Waals surface area contributed by atoms with Crippen molar-refractivity contribution in [1.82, 2.24) is 0 Å². The summed E-state index contributed by atoms with van der Waals surface area (Å²) in [5.41, 5.74) is 0.672. The third kappa shape index (κ3) is 1.58. The van der Waals surface area contributed by atoms with Crippen molar-refractivity contribution in [1.29, 1.82) is 0 Å². The Hall–Kier alpha value is -0.200. The van der Waals surface area contributed by atoms with Crippen molar-refractivity contribution in [3.05, 3.63) is 0 Å². The lowest BCUT2D eigenvalue weighted by molar-refractivity contribution is 0.176. The molecule has 3 aliphatic carbocycles. The van der Waals surface area contributed by atoms with Gasteiger partial charge < -0.3 is 0 Å². The van der Waals surface area contributed by atoms with Crippen molar-refractivity contribution in [2.75, 3.05) is 0 Å². The molecule has 2 heteroatoms. The van der Waals surface area contributed by atoms with Gasteiger partial charge in [-0.15, -0.1) is 0 Å². The highest BCUT2D eigenvalue weighted by molar-refractivity contribution is 7.78. The van der Waals surface area contributed by atoms with Crippen molar-refractivity contribution in [2.24, 2.45) is 40.0 Å². The van der Waals surface area contributed by atoms with Crippen molar-refractivity contribution in [2.45, 2.75) is 58.9 Å². The average molecular weight is 263 g/mol. The average Bonchev–Trinajstić information content (AvgIpc) is 2.65. The van der Waals surface area contributed by atoms with Gasteiger partial charge in [-0.05, 0) is 73.4 Å². The van der Waals surface area contributed by atoms with Gasteiger partial charge in [-0.3, -0.25) is 0 Å². The minimum atomic E-state index is 0.0840. The smallest absolute Gasteiger partial charge is 0.0713 e. The zero-order valence-electron chi connectivity index (χ0n) is 12.1. The molecule has 3 rings (SSSR count). The molecule has 0 aromatic heterocycles. The van der Waals surface area contributed by atoms with E-state index < -0.39 is 0 Å². The highest BCUT2D eigenvalue weighted by Crippen LogP contribution is 2.71. The maximum absolute atomic E-state index is 4.91. The largest absolute Gasteiger partial charge is 0.226 e. The Morgan fingerprint density at radius 2 is 1.83 bits per heavy atom. The lowest BCUT2D eigenvalue weighted by Crippen LogP contribution is -2.36. The normalized spacial score (nSPS) is 52.8. The summed E-state index contributed by atoms with van der Waals surface area (Å²) in [6.45, 7) is 9.76. The molecule has 3 fully saturated rings. The molecule has 0 N–H and O–H groups in total. The van der Waals surface area contributed by atoms with Gasteiger partial charge in [0, 0.05) is 0 Å². The highest BCUT2D eigenvalue weighted by atomic mass is 32.1. The minimum Gasteiger partial charge on any atom is -0.226 e. The van der Waals surface area contributed by atoms with Crippen LogP contribution < -0.4 is 0 Å². The molecule has 3 aliphatic rings. The van der Waals surface area contributed by atoms with E-state index >= 15 is 0 Å². The van der Waals surface area contributed by atoms with Gasteiger partial charge in [0.05, 0.1) is 10.7 Å². The van der Waals surface area contributed by atoms with Crippen LogP contribution in [0.2, 0.25) is 0 Å². The van der Waals surface area contributed by atoms with E-state index in [0.717, 1.165) is 29.6 Å². The monoisotopic (exact) mass is 263 g/mol. The second kappa shape index (κ2) is 3.90. The number of hydrogen-bond acceptors (Lipinski definition) is 2. The number of hydrogen-bond donors (Lipinski definition) is 0. The number of thiocarbonyl (C=S) groups is 1. The Bertz CT molecular complexity index is 409. The van der Waals surface area contributed by atoms with Crippen molar-refractivity contribution < 1.29 is 0 Å². The summed E-state index contributed by atoms with van der Waals surface area (Å²) in [4.78, 5) is 4.62. The molecule has 0 heterocycles. The van der Waals surface area contributed by atoms with Crippen LogP contribution in [0.1, 0.15) is 53.4 Å². The van der Waals surface area contributed by atoms with Gasteiger partial charge in [-0.1, -0.05) is 27.2 Å². The van der Waals surface area contributed by atoms with Crippen molar-refractivity contribution in [3.8, 4) is 0 Å². The quantitative estimate of drug-likeness (QED) is 0.498. The Kier molecular flexibility index (Phi) is 2.78. The predicted octanol–water partition coefficient (Wildman–Crippen LogP) is 4.58. The Balaban J connectivity index is 1.97. The first kappa shape index (κ1) is 12.8. The molecule has 6 atom stereocenters. The van der Waals surface area contributed by atoms with E-state index in [0.29, 0.717) is 5.41 Å². The fourth-order valence-electron chi connectivity index (χ4n) is 5.53. The van der Waals surface area contributed by atoms with E-state index in [1.807, 2.05) is 0 Å². The molecule has 1 nitrogen and oxygen atoms in total. The van der Waals surface area contributed by atoms with Crippen LogP contribution >= 0.6 is 12.2 Å². The molecular weight excluding hydrogens is 238 g/mol. The van der Waals surface area contributed by atoms with E-state index in [1.165, 1.54) is 25.7 Å². The van der Waals surface area contributed by atoms with Gasteiger partial charge in [0.1, 0.15) is 0 Å². The number of isothiocyanates is 1. The molecule has 0 radical (unpaired) electrons. The summed E-state index contributed by atoms with van der Waals surface area (Å²) in [6.07, 6.45) is 5.29. The molecule has 100 valence electrons. The summed E-state index contributed by atoms with van der Waals surface area (Å²) in [5, 5.41) is 2.69. The molecule has 0 aromatic rings. The number of aliphatic imine (C=N–C) groups is 1. The first-order valence-corrected chi connectivity index (χ1v) is 7.91. The second-order valence-electron chi connectivity index (χ2n) is 7.79. The Morgan fingerprint density at radius 3 is 2.50 bits per heavy atom. The molecular formula is C16H25NS. The van der Waals surface area contributed by atoms with Gasteiger partial charge in [0.15, 0.2) is 0 Å². The topological polar surface area (TPSA) is 12.4 Å². The van der Waals surface area contributed by atoms with Gasteiger partial charge in [-0.25, -0.2) is 4.99 Å². The molecule has 1 unspecified atom stereocenters. The molecule has 0 aromatic carbocycles. The zero-order valence-corrected chi connectivity index (χ0v) is 12.9. The Morgan fingerprint density at radius 1 is 1.11 bits per heavy atom. The SMILES string of the molecule is C[C@@H]1CC[C@@H]2[C@@H]1[C@H]1[C@@H](CCC2(C)N=C=S)C1(C)C. The van der Waals surface area contributed by atoms with Gasteiger partial charge in [0.25, 0.3) is 0 Å². The third-order valence-electron chi connectivity index (χ3n) is 6.67. The van der Waals surface area contributed by atoms with E-state index in [2.05, 4.69) is 37.8 Å². The maximum atomic E-state index is 4.91. The second-order valence-corrected chi connectivity index (χ2v) is 7.97. The summed E-state index contributed by atoms with van der Waals surface area (Å²) in [6, 6.07) is 0. The summed E-state index contributed by atoms with van der Waals surface area (Å²) in [5.74, 6) is 4.39. The van der Waals surface area contributed by atoms with Crippen LogP contribution in [0.4, 0.5) is 0 Å². The number of nitrogens with zero attached hydrogens (tertiary/aromatic N) is 1. The lowest BCUT2D eigenvalue weighted by atomic mass is 9.73. The van der Waals surface area contributed by atoms with Gasteiger partial charge >= 0.3 is 0 Å². The molecule has 0 saturated heterocycles. The number of rotatable bonds is 1. The summed E-state index contributed by atoms with van der Waals surface area (Å²) >= 11 is 4.91. The van der Waals surface area contributed by atoms with Crippen LogP contribution in [0.25, 0.3) is 0 Å². The predicted molar refractivity (Wildman–Crippen MR) is 78.8 cm³/mol. The molecule has 0 amide bonds. The maximum Gasteiger partial charge on any atom is 0.0713 e. The molecule has 0 aliphatic heterocycles.